The number of methoxy groups -OCH3 is 1. The fourth-order valence-corrected chi connectivity index (χ4v) is 2.25. The second-order valence-electron chi connectivity index (χ2n) is 4.23. The van der Waals surface area contributed by atoms with Crippen molar-refractivity contribution in [1.82, 2.24) is 0 Å². The summed E-state index contributed by atoms with van der Waals surface area (Å²) in [5.74, 6) is 0.266. The molecule has 2 rings (SSSR count). The van der Waals surface area contributed by atoms with Crippen LogP contribution in [0, 0.1) is 5.82 Å². The number of nitrogens with two attached hydrogens (primary N) is 1. The minimum Gasteiger partial charge on any atom is -0.495 e. The number of nitrogens with zero attached hydrogens (tertiary/aromatic N) is 1. The van der Waals surface area contributed by atoms with Crippen LogP contribution < -0.4 is 15.4 Å². The highest BCUT2D eigenvalue weighted by atomic mass is 19.1. The lowest BCUT2D eigenvalue weighted by Gasteiger charge is -2.25. The summed E-state index contributed by atoms with van der Waals surface area (Å²) in [6, 6.07) is 3.40. The van der Waals surface area contributed by atoms with Crippen LogP contribution in [0.15, 0.2) is 12.1 Å². The van der Waals surface area contributed by atoms with Gasteiger partial charge in [-0.3, -0.25) is 0 Å². The summed E-state index contributed by atoms with van der Waals surface area (Å²) < 4.78 is 18.9. The van der Waals surface area contributed by atoms with Gasteiger partial charge in [-0.1, -0.05) is 0 Å². The Bertz CT molecular complexity index is 395. The molecular formula is C12H17FN2O. The van der Waals surface area contributed by atoms with E-state index in [4.69, 9.17) is 10.5 Å². The summed E-state index contributed by atoms with van der Waals surface area (Å²) in [4.78, 5) is 2.07. The largest absolute Gasteiger partial charge is 0.495 e. The fourth-order valence-electron chi connectivity index (χ4n) is 2.25. The lowest BCUT2D eigenvalue weighted by molar-refractivity contribution is 0.416. The first kappa shape index (κ1) is 11.0. The van der Waals surface area contributed by atoms with E-state index < -0.39 is 0 Å². The van der Waals surface area contributed by atoms with Crippen LogP contribution in [0.5, 0.6) is 5.75 Å². The number of nitrogen functional groups attached to an aromatic ring is 1. The van der Waals surface area contributed by atoms with E-state index in [1.54, 1.807) is 13.2 Å². The molecule has 0 aliphatic carbocycles. The van der Waals surface area contributed by atoms with Gasteiger partial charge in [0.2, 0.25) is 0 Å². The topological polar surface area (TPSA) is 38.5 Å². The molecule has 1 aliphatic rings. The molecule has 1 aliphatic heterocycles. The van der Waals surface area contributed by atoms with Crippen molar-refractivity contribution in [2.75, 3.05) is 24.3 Å². The van der Waals surface area contributed by atoms with Crippen molar-refractivity contribution in [3.05, 3.63) is 17.9 Å². The first-order chi connectivity index (χ1) is 7.63. The maximum absolute atomic E-state index is 13.8. The molecule has 16 heavy (non-hydrogen) atoms. The summed E-state index contributed by atoms with van der Waals surface area (Å²) in [6.07, 6.45) is 2.21. The minimum absolute atomic E-state index is 0.271. The monoisotopic (exact) mass is 224 g/mol. The predicted octanol–water partition coefficient (Wildman–Crippen LogP) is 2.41. The zero-order valence-corrected chi connectivity index (χ0v) is 9.66. The Balaban J connectivity index is 2.39. The molecule has 1 unspecified atom stereocenters. The molecule has 0 amide bonds. The van der Waals surface area contributed by atoms with Gasteiger partial charge in [0, 0.05) is 24.7 Å². The summed E-state index contributed by atoms with van der Waals surface area (Å²) in [7, 11) is 1.54. The number of rotatable bonds is 2. The smallest absolute Gasteiger partial charge is 0.148 e. The van der Waals surface area contributed by atoms with Crippen molar-refractivity contribution < 1.29 is 9.13 Å². The van der Waals surface area contributed by atoms with Crippen LogP contribution in [0.1, 0.15) is 19.8 Å². The summed E-state index contributed by atoms with van der Waals surface area (Å²) in [5, 5.41) is 0. The van der Waals surface area contributed by atoms with E-state index in [2.05, 4.69) is 11.8 Å². The third-order valence-electron chi connectivity index (χ3n) is 3.16. The van der Waals surface area contributed by atoms with E-state index in [-0.39, 0.29) is 5.82 Å². The molecule has 0 bridgehead atoms. The number of hydrogen-bond acceptors (Lipinski definition) is 3. The third kappa shape index (κ3) is 1.79. The molecule has 1 atom stereocenters. The van der Waals surface area contributed by atoms with Crippen LogP contribution in [0.25, 0.3) is 0 Å². The van der Waals surface area contributed by atoms with Crippen LogP contribution in [0.2, 0.25) is 0 Å². The van der Waals surface area contributed by atoms with Crippen molar-refractivity contribution >= 4 is 11.4 Å². The van der Waals surface area contributed by atoms with E-state index in [9.17, 15) is 4.39 Å². The zero-order valence-electron chi connectivity index (χ0n) is 9.66. The van der Waals surface area contributed by atoms with Crippen molar-refractivity contribution in [2.45, 2.75) is 25.8 Å². The van der Waals surface area contributed by atoms with Crippen molar-refractivity contribution in [1.29, 1.82) is 0 Å². The average molecular weight is 224 g/mol. The molecule has 1 saturated heterocycles. The van der Waals surface area contributed by atoms with Gasteiger partial charge in [0.05, 0.1) is 18.5 Å². The Kier molecular flexibility index (Phi) is 2.90. The second kappa shape index (κ2) is 4.20. The molecule has 0 radical (unpaired) electrons. The van der Waals surface area contributed by atoms with Crippen LogP contribution >= 0.6 is 0 Å². The third-order valence-corrected chi connectivity index (χ3v) is 3.16. The maximum atomic E-state index is 13.8. The normalized spacial score (nSPS) is 20.2. The Morgan fingerprint density at radius 2 is 2.25 bits per heavy atom. The fraction of sp³-hybridized carbons (Fsp3) is 0.500. The highest BCUT2D eigenvalue weighted by Crippen LogP contribution is 2.34. The van der Waals surface area contributed by atoms with E-state index in [0.29, 0.717) is 23.2 Å². The minimum atomic E-state index is -0.271. The van der Waals surface area contributed by atoms with Gasteiger partial charge < -0.3 is 15.4 Å². The number of ether oxygens (including phenoxy) is 1. The van der Waals surface area contributed by atoms with Crippen LogP contribution in [-0.4, -0.2) is 19.7 Å². The Labute approximate surface area is 95.0 Å². The van der Waals surface area contributed by atoms with Crippen LogP contribution in [-0.2, 0) is 0 Å². The molecule has 1 aromatic rings. The predicted molar refractivity (Wildman–Crippen MR) is 63.4 cm³/mol. The van der Waals surface area contributed by atoms with Gasteiger partial charge in [0.25, 0.3) is 0 Å². The molecule has 4 heteroatoms. The van der Waals surface area contributed by atoms with E-state index >= 15 is 0 Å². The molecule has 1 heterocycles. The number of hydrogen-bond donors (Lipinski definition) is 1. The first-order valence-electron chi connectivity index (χ1n) is 5.53. The zero-order chi connectivity index (χ0) is 11.7. The standard InChI is InChI=1S/C12H17FN2O/c1-8-4-3-5-15(8)11-7-12(16-2)10(14)6-9(11)13/h6-8H,3-5,14H2,1-2H3. The molecule has 0 spiro atoms. The van der Waals surface area contributed by atoms with E-state index in [1.165, 1.54) is 6.07 Å². The van der Waals surface area contributed by atoms with Crippen molar-refractivity contribution in [3.63, 3.8) is 0 Å². The Hall–Kier alpha value is -1.45. The maximum Gasteiger partial charge on any atom is 0.148 e. The molecule has 0 aromatic heterocycles. The van der Waals surface area contributed by atoms with Crippen LogP contribution in [0.4, 0.5) is 15.8 Å². The van der Waals surface area contributed by atoms with Crippen molar-refractivity contribution in [2.24, 2.45) is 0 Å². The summed E-state index contributed by atoms with van der Waals surface area (Å²) in [6.45, 7) is 3.00. The lowest BCUT2D eigenvalue weighted by atomic mass is 10.2. The Morgan fingerprint density at radius 1 is 1.50 bits per heavy atom. The van der Waals surface area contributed by atoms with Gasteiger partial charge in [-0.2, -0.15) is 0 Å². The number of benzene rings is 1. The van der Waals surface area contributed by atoms with Crippen molar-refractivity contribution in [3.8, 4) is 5.75 Å². The average Bonchev–Trinajstić information content (AvgIpc) is 2.65. The molecule has 88 valence electrons. The van der Waals surface area contributed by atoms with Gasteiger partial charge in [-0.25, -0.2) is 4.39 Å². The van der Waals surface area contributed by atoms with Gasteiger partial charge in [-0.15, -0.1) is 0 Å². The van der Waals surface area contributed by atoms with Gasteiger partial charge in [0.15, 0.2) is 0 Å². The quantitative estimate of drug-likeness (QED) is 0.784. The highest BCUT2D eigenvalue weighted by molar-refractivity contribution is 5.63. The first-order valence-corrected chi connectivity index (χ1v) is 5.53. The molecule has 2 N–H and O–H groups in total. The Morgan fingerprint density at radius 3 is 2.81 bits per heavy atom. The summed E-state index contributed by atoms with van der Waals surface area (Å²) >= 11 is 0. The number of anilines is 2. The lowest BCUT2D eigenvalue weighted by Crippen LogP contribution is -2.27. The molecule has 1 fully saturated rings. The second-order valence-corrected chi connectivity index (χ2v) is 4.23. The number of halogens is 1. The van der Waals surface area contributed by atoms with Gasteiger partial charge in [0.1, 0.15) is 11.6 Å². The van der Waals surface area contributed by atoms with E-state index in [1.807, 2.05) is 0 Å². The van der Waals surface area contributed by atoms with Gasteiger partial charge >= 0.3 is 0 Å². The highest BCUT2D eigenvalue weighted by Gasteiger charge is 2.24. The molecular weight excluding hydrogens is 207 g/mol. The molecule has 0 saturated carbocycles. The van der Waals surface area contributed by atoms with E-state index in [0.717, 1.165) is 19.4 Å². The molecule has 1 aromatic carbocycles. The molecule has 3 nitrogen and oxygen atoms in total. The SMILES string of the molecule is COc1cc(N2CCCC2C)c(F)cc1N. The summed E-state index contributed by atoms with van der Waals surface area (Å²) in [5.41, 5.74) is 6.59. The van der Waals surface area contributed by atoms with Crippen LogP contribution in [0.3, 0.4) is 0 Å². The van der Waals surface area contributed by atoms with Gasteiger partial charge in [-0.05, 0) is 19.8 Å².